The second-order valence-electron chi connectivity index (χ2n) is 2.63. The molecule has 0 saturated heterocycles. The Labute approximate surface area is 67.8 Å². The molecule has 0 saturated carbocycles. The van der Waals surface area contributed by atoms with E-state index < -0.39 is 0 Å². The summed E-state index contributed by atoms with van der Waals surface area (Å²) in [5.74, 6) is 0. The summed E-state index contributed by atoms with van der Waals surface area (Å²) >= 11 is 0. The lowest BCUT2D eigenvalue weighted by molar-refractivity contribution is 1.17. The maximum absolute atomic E-state index is 4.26. The van der Waals surface area contributed by atoms with Crippen LogP contribution in [0.5, 0.6) is 0 Å². The summed E-state index contributed by atoms with van der Waals surface area (Å²) in [5.41, 5.74) is 3.43. The number of hydrogen-bond donors (Lipinski definition) is 0. The van der Waals surface area contributed by atoms with Crippen LogP contribution in [0.3, 0.4) is 0 Å². The average molecular weight is 147 g/mol. The van der Waals surface area contributed by atoms with E-state index >= 15 is 0 Å². The smallest absolute Gasteiger partial charge is 0.0511 e. The Bertz CT molecular complexity index is 254. The molecule has 0 atom stereocenters. The van der Waals surface area contributed by atoms with Crippen LogP contribution in [0.15, 0.2) is 40.6 Å². The second kappa shape index (κ2) is 3.33. The molecule has 0 aromatic heterocycles. The van der Waals surface area contributed by atoms with Crippen molar-refractivity contribution in [2.75, 3.05) is 0 Å². The van der Waals surface area contributed by atoms with Gasteiger partial charge in [0.2, 0.25) is 0 Å². The van der Waals surface area contributed by atoms with Crippen molar-refractivity contribution >= 4 is 6.21 Å². The molecule has 0 bridgehead atoms. The van der Waals surface area contributed by atoms with Crippen molar-refractivity contribution in [3.8, 4) is 0 Å². The number of allylic oxidation sites excluding steroid dienone is 4. The van der Waals surface area contributed by atoms with E-state index in [4.69, 9.17) is 0 Å². The molecule has 1 heteroatoms. The van der Waals surface area contributed by atoms with E-state index in [1.54, 1.807) is 0 Å². The normalized spacial score (nSPS) is 16.9. The van der Waals surface area contributed by atoms with Gasteiger partial charge in [0.15, 0.2) is 0 Å². The third kappa shape index (κ3) is 1.67. The zero-order valence-corrected chi connectivity index (χ0v) is 7.09. The fourth-order valence-electron chi connectivity index (χ4n) is 1.16. The van der Waals surface area contributed by atoms with Gasteiger partial charge in [-0.15, -0.1) is 0 Å². The Morgan fingerprint density at radius 3 is 3.00 bits per heavy atom. The van der Waals surface area contributed by atoms with Crippen molar-refractivity contribution in [2.45, 2.75) is 20.3 Å². The Morgan fingerprint density at radius 1 is 1.73 bits per heavy atom. The largest absolute Gasteiger partial charge is 0.265 e. The zero-order chi connectivity index (χ0) is 8.27. The third-order valence-corrected chi connectivity index (χ3v) is 1.65. The lowest BCUT2D eigenvalue weighted by Gasteiger charge is -1.99. The summed E-state index contributed by atoms with van der Waals surface area (Å²) in [6, 6.07) is 0. The molecule has 0 N–H and O–H groups in total. The van der Waals surface area contributed by atoms with E-state index in [0.29, 0.717) is 0 Å². The summed E-state index contributed by atoms with van der Waals surface area (Å²) in [7, 11) is 0. The van der Waals surface area contributed by atoms with Crippen molar-refractivity contribution in [1.29, 1.82) is 0 Å². The minimum atomic E-state index is 0.951. The lowest BCUT2D eigenvalue weighted by Crippen LogP contribution is -1.81. The third-order valence-electron chi connectivity index (χ3n) is 1.65. The molecule has 0 aromatic rings. The van der Waals surface area contributed by atoms with Gasteiger partial charge >= 0.3 is 0 Å². The highest BCUT2D eigenvalue weighted by Gasteiger charge is 2.06. The molecule has 0 fully saturated rings. The molecule has 0 unspecified atom stereocenters. The van der Waals surface area contributed by atoms with Crippen LogP contribution in [0.25, 0.3) is 0 Å². The number of nitrogens with zero attached hydrogens (tertiary/aromatic N) is 1. The molecule has 0 amide bonds. The first-order valence-electron chi connectivity index (χ1n) is 3.80. The monoisotopic (exact) mass is 147 g/mol. The molecule has 1 rings (SSSR count). The summed E-state index contributed by atoms with van der Waals surface area (Å²) in [5, 5.41) is 0. The first-order valence-corrected chi connectivity index (χ1v) is 3.80. The maximum atomic E-state index is 4.26. The fourth-order valence-corrected chi connectivity index (χ4v) is 1.16. The van der Waals surface area contributed by atoms with Crippen LogP contribution in [-0.2, 0) is 0 Å². The van der Waals surface area contributed by atoms with Crippen LogP contribution in [0.1, 0.15) is 20.3 Å². The van der Waals surface area contributed by atoms with Crippen molar-refractivity contribution in [3.05, 3.63) is 35.6 Å². The van der Waals surface area contributed by atoms with Gasteiger partial charge in [-0.05, 0) is 25.0 Å². The van der Waals surface area contributed by atoms with Gasteiger partial charge in [0.05, 0.1) is 5.70 Å². The van der Waals surface area contributed by atoms with Crippen LogP contribution < -0.4 is 0 Å². The highest BCUT2D eigenvalue weighted by Crippen LogP contribution is 2.24. The van der Waals surface area contributed by atoms with E-state index in [1.165, 1.54) is 5.57 Å². The Morgan fingerprint density at radius 2 is 2.45 bits per heavy atom. The molecule has 58 valence electrons. The first kappa shape index (κ1) is 7.99. The van der Waals surface area contributed by atoms with Crippen molar-refractivity contribution < 1.29 is 0 Å². The molecular weight excluding hydrogens is 134 g/mol. The maximum Gasteiger partial charge on any atom is 0.0511 e. The van der Waals surface area contributed by atoms with Gasteiger partial charge in [-0.25, -0.2) is 0 Å². The van der Waals surface area contributed by atoms with Gasteiger partial charge in [0, 0.05) is 12.6 Å². The SMILES string of the molecule is C=C(C)C1=C(N=CC)CC=C1. The number of aliphatic imine (C=N–C) groups is 1. The number of rotatable bonds is 2. The van der Waals surface area contributed by atoms with E-state index in [1.807, 2.05) is 20.1 Å². The molecular formula is C10H13N. The van der Waals surface area contributed by atoms with Crippen molar-refractivity contribution in [3.63, 3.8) is 0 Å². The van der Waals surface area contributed by atoms with Crippen LogP contribution in [0, 0.1) is 0 Å². The van der Waals surface area contributed by atoms with Gasteiger partial charge < -0.3 is 0 Å². The minimum absolute atomic E-state index is 0.951. The van der Waals surface area contributed by atoms with Crippen molar-refractivity contribution in [2.24, 2.45) is 4.99 Å². The Kier molecular flexibility index (Phi) is 2.42. The second-order valence-corrected chi connectivity index (χ2v) is 2.63. The van der Waals surface area contributed by atoms with E-state index in [-0.39, 0.29) is 0 Å². The predicted octanol–water partition coefficient (Wildman–Crippen LogP) is 2.87. The molecule has 0 aliphatic heterocycles. The van der Waals surface area contributed by atoms with Crippen LogP contribution in [0.2, 0.25) is 0 Å². The summed E-state index contributed by atoms with van der Waals surface area (Å²) < 4.78 is 0. The van der Waals surface area contributed by atoms with Gasteiger partial charge in [-0.3, -0.25) is 4.99 Å². The van der Waals surface area contributed by atoms with Crippen LogP contribution in [0.4, 0.5) is 0 Å². The standard InChI is InChI=1S/C10H13N/c1-4-11-10-7-5-6-9(10)8(2)3/h4-6H,2,7H2,1,3H3. The van der Waals surface area contributed by atoms with E-state index in [2.05, 4.69) is 23.7 Å². The molecule has 0 heterocycles. The molecule has 1 aliphatic rings. The number of hydrogen-bond acceptors (Lipinski definition) is 1. The Hall–Kier alpha value is -1.11. The van der Waals surface area contributed by atoms with Crippen molar-refractivity contribution in [1.82, 2.24) is 0 Å². The van der Waals surface area contributed by atoms with E-state index in [0.717, 1.165) is 17.7 Å². The minimum Gasteiger partial charge on any atom is -0.265 e. The summed E-state index contributed by atoms with van der Waals surface area (Å²) in [6.45, 7) is 7.83. The zero-order valence-electron chi connectivity index (χ0n) is 7.09. The molecule has 11 heavy (non-hydrogen) atoms. The highest BCUT2D eigenvalue weighted by molar-refractivity contribution is 5.58. The topological polar surface area (TPSA) is 12.4 Å². The molecule has 0 radical (unpaired) electrons. The van der Waals surface area contributed by atoms with E-state index in [9.17, 15) is 0 Å². The average Bonchev–Trinajstić information content (AvgIpc) is 2.36. The van der Waals surface area contributed by atoms with Crippen LogP contribution >= 0.6 is 0 Å². The first-order chi connectivity index (χ1) is 5.25. The summed E-state index contributed by atoms with van der Waals surface area (Å²) in [4.78, 5) is 4.26. The van der Waals surface area contributed by atoms with Gasteiger partial charge in [-0.2, -0.15) is 0 Å². The molecule has 1 nitrogen and oxygen atoms in total. The summed E-state index contributed by atoms with van der Waals surface area (Å²) in [6.07, 6.45) is 6.98. The quantitative estimate of drug-likeness (QED) is 0.532. The van der Waals surface area contributed by atoms with Gasteiger partial charge in [-0.1, -0.05) is 18.7 Å². The Balaban J connectivity index is 2.93. The molecule has 0 spiro atoms. The molecule has 0 aromatic carbocycles. The lowest BCUT2D eigenvalue weighted by atomic mass is 10.1. The van der Waals surface area contributed by atoms with Gasteiger partial charge in [0.1, 0.15) is 0 Å². The van der Waals surface area contributed by atoms with Gasteiger partial charge in [0.25, 0.3) is 0 Å². The fraction of sp³-hybridized carbons (Fsp3) is 0.300. The molecule has 1 aliphatic carbocycles. The van der Waals surface area contributed by atoms with Crippen LogP contribution in [-0.4, -0.2) is 6.21 Å². The predicted molar refractivity (Wildman–Crippen MR) is 49.8 cm³/mol. The highest BCUT2D eigenvalue weighted by atomic mass is 14.7.